The van der Waals surface area contributed by atoms with Gasteiger partial charge in [0.2, 0.25) is 5.91 Å². The van der Waals surface area contributed by atoms with Gasteiger partial charge in [-0.3, -0.25) is 9.59 Å². The quantitative estimate of drug-likeness (QED) is 0.767. The average Bonchev–Trinajstić information content (AvgIpc) is 2.24. The van der Waals surface area contributed by atoms with E-state index < -0.39 is 11.5 Å². The van der Waals surface area contributed by atoms with E-state index in [2.05, 4.69) is 6.08 Å². The van der Waals surface area contributed by atoms with Crippen LogP contribution in [0.25, 0.3) is 0 Å². The fourth-order valence-electron chi connectivity index (χ4n) is 2.02. The first kappa shape index (κ1) is 13.7. The van der Waals surface area contributed by atoms with Crippen LogP contribution in [-0.4, -0.2) is 34.0 Å². The number of hydrogen-bond acceptors (Lipinski definition) is 2. The molecule has 0 saturated carbocycles. The van der Waals surface area contributed by atoms with Crippen molar-refractivity contribution < 1.29 is 14.7 Å². The molecule has 0 spiro atoms. The lowest BCUT2D eigenvalue weighted by atomic mass is 9.91. The van der Waals surface area contributed by atoms with Crippen molar-refractivity contribution in [3.8, 4) is 0 Å². The highest BCUT2D eigenvalue weighted by molar-refractivity contribution is 5.84. The van der Waals surface area contributed by atoms with Crippen LogP contribution in [0.15, 0.2) is 12.2 Å². The zero-order chi connectivity index (χ0) is 13.1. The summed E-state index contributed by atoms with van der Waals surface area (Å²) in [6, 6.07) is 0. The van der Waals surface area contributed by atoms with Crippen LogP contribution in [0.1, 0.15) is 40.0 Å². The number of nitrogens with zero attached hydrogens (tertiary/aromatic N) is 1. The molecule has 0 saturated heterocycles. The number of amides is 1. The first-order valence-corrected chi connectivity index (χ1v) is 6.00. The minimum Gasteiger partial charge on any atom is -0.480 e. The number of carboxylic acid groups (broad SMARTS) is 1. The van der Waals surface area contributed by atoms with Crippen LogP contribution in [0.2, 0.25) is 0 Å². The number of carboxylic acids is 1. The van der Waals surface area contributed by atoms with Crippen molar-refractivity contribution in [3.63, 3.8) is 0 Å². The Bertz CT molecular complexity index is 328. The van der Waals surface area contributed by atoms with E-state index in [9.17, 15) is 9.59 Å². The van der Waals surface area contributed by atoms with Gasteiger partial charge in [0.1, 0.15) is 6.54 Å². The molecule has 0 aromatic heterocycles. The predicted octanol–water partition coefficient (Wildman–Crippen LogP) is 2.05. The number of allylic oxidation sites excluding steroid dienone is 2. The maximum atomic E-state index is 12.3. The van der Waals surface area contributed by atoms with Crippen molar-refractivity contribution in [2.24, 2.45) is 5.92 Å². The summed E-state index contributed by atoms with van der Waals surface area (Å²) < 4.78 is 0. The fraction of sp³-hybridized carbons (Fsp3) is 0.692. The van der Waals surface area contributed by atoms with Gasteiger partial charge >= 0.3 is 5.97 Å². The van der Waals surface area contributed by atoms with Crippen molar-refractivity contribution in [3.05, 3.63) is 12.2 Å². The summed E-state index contributed by atoms with van der Waals surface area (Å²) in [6.45, 7) is 5.38. The number of rotatable bonds is 3. The second kappa shape index (κ2) is 5.34. The molecule has 1 aliphatic rings. The highest BCUT2D eigenvalue weighted by Crippen LogP contribution is 2.24. The molecule has 1 rings (SSSR count). The largest absolute Gasteiger partial charge is 0.480 e. The number of hydrogen-bond donors (Lipinski definition) is 1. The maximum Gasteiger partial charge on any atom is 0.323 e. The van der Waals surface area contributed by atoms with Gasteiger partial charge in [0, 0.05) is 11.5 Å². The molecule has 0 radical (unpaired) electrons. The molecule has 1 atom stereocenters. The molecule has 0 fully saturated rings. The Balaban J connectivity index is 2.78. The molecule has 4 nitrogen and oxygen atoms in total. The Hall–Kier alpha value is -1.32. The molecule has 0 bridgehead atoms. The zero-order valence-corrected chi connectivity index (χ0v) is 10.8. The van der Waals surface area contributed by atoms with E-state index in [1.54, 1.807) is 0 Å². The van der Waals surface area contributed by atoms with Crippen LogP contribution in [-0.2, 0) is 9.59 Å². The molecule has 1 amide bonds. The number of carbonyl (C=O) groups excluding carboxylic acids is 1. The lowest BCUT2D eigenvalue weighted by Crippen LogP contribution is -2.50. The summed E-state index contributed by atoms with van der Waals surface area (Å²) in [4.78, 5) is 24.6. The average molecular weight is 239 g/mol. The Morgan fingerprint density at radius 1 is 1.35 bits per heavy atom. The fourth-order valence-corrected chi connectivity index (χ4v) is 2.02. The van der Waals surface area contributed by atoms with Crippen molar-refractivity contribution in [1.82, 2.24) is 4.90 Å². The van der Waals surface area contributed by atoms with Gasteiger partial charge in [-0.05, 0) is 40.0 Å². The molecule has 17 heavy (non-hydrogen) atoms. The summed E-state index contributed by atoms with van der Waals surface area (Å²) in [5, 5.41) is 8.89. The van der Waals surface area contributed by atoms with Crippen molar-refractivity contribution in [1.29, 1.82) is 0 Å². The minimum atomic E-state index is -0.959. The lowest BCUT2D eigenvalue weighted by Gasteiger charge is -2.37. The summed E-state index contributed by atoms with van der Waals surface area (Å²) >= 11 is 0. The van der Waals surface area contributed by atoms with Gasteiger partial charge in [-0.25, -0.2) is 0 Å². The summed E-state index contributed by atoms with van der Waals surface area (Å²) in [5.74, 6) is -1.05. The summed E-state index contributed by atoms with van der Waals surface area (Å²) in [7, 11) is 0. The van der Waals surface area contributed by atoms with Crippen molar-refractivity contribution in [2.75, 3.05) is 6.54 Å². The summed E-state index contributed by atoms with van der Waals surface area (Å²) in [6.07, 6.45) is 6.53. The van der Waals surface area contributed by atoms with Gasteiger partial charge in [-0.1, -0.05) is 12.2 Å². The standard InChI is InChI=1S/C13H21NO3/c1-13(2,3)14(9-11(15)16)12(17)10-7-5-4-6-8-10/h4-5,10H,6-9H2,1-3H3,(H,15,16). The van der Waals surface area contributed by atoms with Crippen LogP contribution in [0.4, 0.5) is 0 Å². The van der Waals surface area contributed by atoms with E-state index in [-0.39, 0.29) is 18.4 Å². The molecule has 0 aromatic carbocycles. The van der Waals surface area contributed by atoms with E-state index >= 15 is 0 Å². The van der Waals surface area contributed by atoms with Gasteiger partial charge in [0.25, 0.3) is 0 Å². The molecule has 96 valence electrons. The van der Waals surface area contributed by atoms with E-state index in [0.29, 0.717) is 0 Å². The predicted molar refractivity (Wildman–Crippen MR) is 65.6 cm³/mol. The Morgan fingerprint density at radius 2 is 2.00 bits per heavy atom. The molecular weight excluding hydrogens is 218 g/mol. The Kier molecular flexibility index (Phi) is 4.32. The Morgan fingerprint density at radius 3 is 2.41 bits per heavy atom. The number of aliphatic carboxylic acids is 1. The van der Waals surface area contributed by atoms with Crippen molar-refractivity contribution in [2.45, 2.75) is 45.6 Å². The third kappa shape index (κ3) is 3.88. The maximum absolute atomic E-state index is 12.3. The van der Waals surface area contributed by atoms with Crippen LogP contribution in [0.5, 0.6) is 0 Å². The monoisotopic (exact) mass is 239 g/mol. The third-order valence-corrected chi connectivity index (χ3v) is 2.99. The molecule has 0 heterocycles. The van der Waals surface area contributed by atoms with Crippen LogP contribution >= 0.6 is 0 Å². The lowest BCUT2D eigenvalue weighted by molar-refractivity contribution is -0.150. The van der Waals surface area contributed by atoms with E-state index in [1.807, 2.05) is 26.8 Å². The molecule has 1 aliphatic carbocycles. The van der Waals surface area contributed by atoms with Gasteiger partial charge < -0.3 is 10.0 Å². The molecule has 1 unspecified atom stereocenters. The first-order valence-electron chi connectivity index (χ1n) is 6.00. The Labute approximate surface area is 102 Å². The molecule has 4 heteroatoms. The smallest absolute Gasteiger partial charge is 0.323 e. The van der Waals surface area contributed by atoms with Crippen LogP contribution in [0, 0.1) is 5.92 Å². The third-order valence-electron chi connectivity index (χ3n) is 2.99. The highest BCUT2D eigenvalue weighted by atomic mass is 16.4. The second-order valence-electron chi connectivity index (χ2n) is 5.47. The van der Waals surface area contributed by atoms with Gasteiger partial charge in [0.05, 0.1) is 0 Å². The van der Waals surface area contributed by atoms with Crippen LogP contribution < -0.4 is 0 Å². The van der Waals surface area contributed by atoms with E-state index in [0.717, 1.165) is 19.3 Å². The molecule has 0 aliphatic heterocycles. The minimum absolute atomic E-state index is 0.0377. The SMILES string of the molecule is CC(C)(C)N(CC(=O)O)C(=O)C1CC=CCC1. The highest BCUT2D eigenvalue weighted by Gasteiger charge is 2.32. The van der Waals surface area contributed by atoms with Gasteiger partial charge in [-0.2, -0.15) is 0 Å². The van der Waals surface area contributed by atoms with Crippen molar-refractivity contribution >= 4 is 11.9 Å². The molecular formula is C13H21NO3. The normalized spacial score (nSPS) is 20.1. The van der Waals surface area contributed by atoms with E-state index in [1.165, 1.54) is 4.90 Å². The topological polar surface area (TPSA) is 57.6 Å². The van der Waals surface area contributed by atoms with E-state index in [4.69, 9.17) is 5.11 Å². The van der Waals surface area contributed by atoms with Gasteiger partial charge in [0.15, 0.2) is 0 Å². The van der Waals surface area contributed by atoms with Crippen LogP contribution in [0.3, 0.4) is 0 Å². The summed E-state index contributed by atoms with van der Waals surface area (Å²) in [5.41, 5.74) is -0.448. The molecule has 0 aromatic rings. The molecule has 1 N–H and O–H groups in total. The second-order valence-corrected chi connectivity index (χ2v) is 5.47. The van der Waals surface area contributed by atoms with Gasteiger partial charge in [-0.15, -0.1) is 0 Å². The number of carbonyl (C=O) groups is 2. The zero-order valence-electron chi connectivity index (χ0n) is 10.8. The first-order chi connectivity index (χ1) is 7.82.